The second kappa shape index (κ2) is 4.31. The Morgan fingerprint density at radius 1 is 1.39 bits per heavy atom. The summed E-state index contributed by atoms with van der Waals surface area (Å²) in [4.78, 5) is 28.3. The third kappa shape index (κ3) is 1.69. The lowest BCUT2D eigenvalue weighted by Gasteiger charge is -2.47. The van der Waals surface area contributed by atoms with Crippen molar-refractivity contribution < 1.29 is 9.59 Å². The molecule has 2 rings (SSSR count). The molecular formula is C14H20N2O2. The average Bonchev–Trinajstić information content (AvgIpc) is 2.82. The van der Waals surface area contributed by atoms with E-state index in [1.165, 1.54) is 0 Å². The summed E-state index contributed by atoms with van der Waals surface area (Å²) in [5.41, 5.74) is -0.706. The van der Waals surface area contributed by atoms with Gasteiger partial charge in [-0.3, -0.25) is 9.59 Å². The van der Waals surface area contributed by atoms with Crippen molar-refractivity contribution in [1.82, 2.24) is 9.80 Å². The molecule has 0 aromatic heterocycles. The highest BCUT2D eigenvalue weighted by Gasteiger charge is 2.50. The SMILES string of the molecule is C#CC(C)(C)N1C(=O)C2CCCN2C(=O)C1CC. The highest BCUT2D eigenvalue weighted by atomic mass is 16.2. The number of nitrogens with zero attached hydrogens (tertiary/aromatic N) is 2. The second-order valence-corrected chi connectivity index (χ2v) is 5.53. The highest BCUT2D eigenvalue weighted by Crippen LogP contribution is 2.32. The molecule has 18 heavy (non-hydrogen) atoms. The minimum absolute atomic E-state index is 0.0156. The maximum Gasteiger partial charge on any atom is 0.247 e. The third-order valence-corrected chi connectivity index (χ3v) is 4.00. The van der Waals surface area contributed by atoms with Gasteiger partial charge in [0, 0.05) is 6.54 Å². The van der Waals surface area contributed by atoms with Crippen molar-refractivity contribution in [3.63, 3.8) is 0 Å². The van der Waals surface area contributed by atoms with E-state index in [1.807, 2.05) is 20.8 Å². The van der Waals surface area contributed by atoms with E-state index >= 15 is 0 Å². The summed E-state index contributed by atoms with van der Waals surface area (Å²) in [5, 5.41) is 0. The lowest BCUT2D eigenvalue weighted by atomic mass is 9.94. The van der Waals surface area contributed by atoms with Crippen molar-refractivity contribution in [2.24, 2.45) is 0 Å². The smallest absolute Gasteiger partial charge is 0.247 e. The van der Waals surface area contributed by atoms with E-state index in [4.69, 9.17) is 6.42 Å². The van der Waals surface area contributed by atoms with Gasteiger partial charge in [-0.2, -0.15) is 0 Å². The van der Waals surface area contributed by atoms with Crippen LogP contribution in [0.2, 0.25) is 0 Å². The van der Waals surface area contributed by atoms with E-state index in [1.54, 1.807) is 9.80 Å². The lowest BCUT2D eigenvalue weighted by molar-refractivity contribution is -0.163. The molecule has 2 unspecified atom stereocenters. The largest absolute Gasteiger partial charge is 0.329 e. The summed E-state index contributed by atoms with van der Waals surface area (Å²) < 4.78 is 0. The van der Waals surface area contributed by atoms with Gasteiger partial charge >= 0.3 is 0 Å². The van der Waals surface area contributed by atoms with Crippen molar-refractivity contribution >= 4 is 11.8 Å². The van der Waals surface area contributed by atoms with E-state index in [2.05, 4.69) is 5.92 Å². The Kier molecular flexibility index (Phi) is 3.10. The molecule has 0 spiro atoms. The Balaban J connectivity index is 2.41. The van der Waals surface area contributed by atoms with E-state index < -0.39 is 11.6 Å². The zero-order valence-electron chi connectivity index (χ0n) is 11.3. The molecule has 4 nitrogen and oxygen atoms in total. The molecule has 2 saturated heterocycles. The van der Waals surface area contributed by atoms with Crippen LogP contribution in [0.4, 0.5) is 0 Å². The van der Waals surface area contributed by atoms with Crippen LogP contribution in [-0.2, 0) is 9.59 Å². The predicted octanol–water partition coefficient (Wildman–Crippen LogP) is 1.01. The Bertz CT molecular complexity index is 422. The number of rotatable bonds is 2. The quantitative estimate of drug-likeness (QED) is 0.684. The first-order valence-electron chi connectivity index (χ1n) is 6.55. The van der Waals surface area contributed by atoms with Crippen LogP contribution in [0, 0.1) is 12.3 Å². The molecule has 2 fully saturated rings. The number of carbonyl (C=O) groups is 2. The van der Waals surface area contributed by atoms with Crippen molar-refractivity contribution in [3.05, 3.63) is 0 Å². The summed E-state index contributed by atoms with van der Waals surface area (Å²) in [7, 11) is 0. The van der Waals surface area contributed by atoms with Crippen LogP contribution in [0.15, 0.2) is 0 Å². The zero-order chi connectivity index (χ0) is 13.5. The third-order valence-electron chi connectivity index (χ3n) is 4.00. The summed E-state index contributed by atoms with van der Waals surface area (Å²) in [5.74, 6) is 2.71. The summed E-state index contributed by atoms with van der Waals surface area (Å²) in [6.07, 6.45) is 7.81. The van der Waals surface area contributed by atoms with Crippen LogP contribution in [-0.4, -0.2) is 45.8 Å². The Labute approximate surface area is 108 Å². The fourth-order valence-corrected chi connectivity index (χ4v) is 3.00. The van der Waals surface area contributed by atoms with Crippen LogP contribution in [0.1, 0.15) is 40.0 Å². The minimum Gasteiger partial charge on any atom is -0.329 e. The minimum atomic E-state index is -0.706. The second-order valence-electron chi connectivity index (χ2n) is 5.53. The molecule has 0 aromatic carbocycles. The van der Waals surface area contributed by atoms with Gasteiger partial charge in [-0.15, -0.1) is 6.42 Å². The highest BCUT2D eigenvalue weighted by molar-refractivity contribution is 5.98. The van der Waals surface area contributed by atoms with E-state index in [9.17, 15) is 9.59 Å². The first-order valence-corrected chi connectivity index (χ1v) is 6.55. The van der Waals surface area contributed by atoms with Crippen molar-refractivity contribution in [2.75, 3.05) is 6.54 Å². The maximum atomic E-state index is 12.6. The zero-order valence-corrected chi connectivity index (χ0v) is 11.3. The van der Waals surface area contributed by atoms with E-state index in [0.29, 0.717) is 13.0 Å². The molecular weight excluding hydrogens is 228 g/mol. The van der Waals surface area contributed by atoms with Gasteiger partial charge in [-0.25, -0.2) is 0 Å². The van der Waals surface area contributed by atoms with Gasteiger partial charge in [0.15, 0.2) is 0 Å². The van der Waals surface area contributed by atoms with Gasteiger partial charge in [0.25, 0.3) is 0 Å². The molecule has 0 bridgehead atoms. The molecule has 2 amide bonds. The molecule has 0 saturated carbocycles. The first-order chi connectivity index (χ1) is 8.44. The number of fused-ring (bicyclic) bond motifs is 1. The lowest BCUT2D eigenvalue weighted by Crippen LogP contribution is -2.67. The fraction of sp³-hybridized carbons (Fsp3) is 0.714. The normalized spacial score (nSPS) is 28.3. The summed E-state index contributed by atoms with van der Waals surface area (Å²) in [6, 6.07) is -0.689. The van der Waals surface area contributed by atoms with Gasteiger partial charge < -0.3 is 9.80 Å². The van der Waals surface area contributed by atoms with E-state index in [-0.39, 0.29) is 17.9 Å². The van der Waals surface area contributed by atoms with Crippen LogP contribution >= 0.6 is 0 Å². The molecule has 98 valence electrons. The molecule has 2 heterocycles. The van der Waals surface area contributed by atoms with E-state index in [0.717, 1.165) is 12.8 Å². The number of hydrogen-bond acceptors (Lipinski definition) is 2. The van der Waals surface area contributed by atoms with Gasteiger partial charge in [-0.1, -0.05) is 12.8 Å². The number of terminal acetylenes is 1. The summed E-state index contributed by atoms with van der Waals surface area (Å²) in [6.45, 7) is 6.28. The van der Waals surface area contributed by atoms with Crippen LogP contribution < -0.4 is 0 Å². The molecule has 0 aliphatic carbocycles. The fourth-order valence-electron chi connectivity index (χ4n) is 3.00. The molecule has 2 atom stereocenters. The number of amides is 2. The van der Waals surface area contributed by atoms with Crippen LogP contribution in [0.25, 0.3) is 0 Å². The van der Waals surface area contributed by atoms with Gasteiger partial charge in [0.05, 0.1) is 5.54 Å². The average molecular weight is 248 g/mol. The summed E-state index contributed by atoms with van der Waals surface area (Å²) >= 11 is 0. The Morgan fingerprint density at radius 3 is 2.61 bits per heavy atom. The van der Waals surface area contributed by atoms with Crippen molar-refractivity contribution in [3.8, 4) is 12.3 Å². The monoisotopic (exact) mass is 248 g/mol. The Hall–Kier alpha value is -1.50. The molecule has 0 aromatic rings. The first kappa shape index (κ1) is 12.9. The van der Waals surface area contributed by atoms with Crippen LogP contribution in [0.5, 0.6) is 0 Å². The number of hydrogen-bond donors (Lipinski definition) is 0. The van der Waals surface area contributed by atoms with Gasteiger partial charge in [0.1, 0.15) is 12.1 Å². The predicted molar refractivity (Wildman–Crippen MR) is 68.6 cm³/mol. The molecule has 0 radical (unpaired) electrons. The maximum absolute atomic E-state index is 12.6. The van der Waals surface area contributed by atoms with Crippen molar-refractivity contribution in [2.45, 2.75) is 57.7 Å². The van der Waals surface area contributed by atoms with Gasteiger partial charge in [0.2, 0.25) is 11.8 Å². The van der Waals surface area contributed by atoms with Gasteiger partial charge in [-0.05, 0) is 33.1 Å². The standard InChI is InChI=1S/C14H20N2O2/c1-5-10-12(17)15-9-7-8-11(15)13(18)16(10)14(3,4)6-2/h2,10-11H,5,7-9H2,1,3-4H3. The Morgan fingerprint density at radius 2 is 2.06 bits per heavy atom. The van der Waals surface area contributed by atoms with Crippen LogP contribution in [0.3, 0.4) is 0 Å². The molecule has 4 heteroatoms. The topological polar surface area (TPSA) is 40.6 Å². The van der Waals surface area contributed by atoms with Crippen molar-refractivity contribution in [1.29, 1.82) is 0 Å². The number of carbonyl (C=O) groups excluding carboxylic acids is 2. The molecule has 2 aliphatic heterocycles. The molecule has 0 N–H and O–H groups in total. The molecule has 2 aliphatic rings. The number of piperazine rings is 1.